The Morgan fingerprint density at radius 2 is 1.96 bits per heavy atom. The number of nitrogens with zero attached hydrogens (tertiary/aromatic N) is 5. The van der Waals surface area contributed by atoms with Gasteiger partial charge >= 0.3 is 6.09 Å². The van der Waals surface area contributed by atoms with Gasteiger partial charge in [-0.3, -0.25) is 4.90 Å². The molecule has 1 atom stereocenters. The van der Waals surface area contributed by atoms with Crippen molar-refractivity contribution in [3.63, 3.8) is 0 Å². The van der Waals surface area contributed by atoms with Gasteiger partial charge in [-0.2, -0.15) is 0 Å². The topological polar surface area (TPSA) is 63.5 Å². The second kappa shape index (κ2) is 7.29. The SMILES string of the molecule is COC(=O)N1CCC[C@@H](c2nnc(CN3CCCCC3)n2C)C1. The third kappa shape index (κ3) is 3.65. The zero-order valence-corrected chi connectivity index (χ0v) is 14.2. The van der Waals surface area contributed by atoms with Crippen molar-refractivity contribution in [3.8, 4) is 0 Å². The van der Waals surface area contributed by atoms with E-state index < -0.39 is 0 Å². The van der Waals surface area contributed by atoms with Crippen molar-refractivity contribution in [2.45, 2.75) is 44.6 Å². The number of carbonyl (C=O) groups excluding carboxylic acids is 1. The number of aromatic nitrogens is 3. The zero-order valence-electron chi connectivity index (χ0n) is 14.2. The lowest BCUT2D eigenvalue weighted by atomic mass is 9.97. The highest BCUT2D eigenvalue weighted by Gasteiger charge is 2.29. The van der Waals surface area contributed by atoms with E-state index in [2.05, 4.69) is 19.7 Å². The predicted molar refractivity (Wildman–Crippen MR) is 86.1 cm³/mol. The summed E-state index contributed by atoms with van der Waals surface area (Å²) in [6.07, 6.45) is 5.68. The van der Waals surface area contributed by atoms with Crippen LogP contribution in [0, 0.1) is 0 Å². The maximum absolute atomic E-state index is 11.8. The van der Waals surface area contributed by atoms with Crippen LogP contribution in [0.1, 0.15) is 49.7 Å². The highest BCUT2D eigenvalue weighted by atomic mass is 16.5. The zero-order chi connectivity index (χ0) is 16.2. The summed E-state index contributed by atoms with van der Waals surface area (Å²) in [6.45, 7) is 4.62. The van der Waals surface area contributed by atoms with Crippen LogP contribution in [0.3, 0.4) is 0 Å². The maximum atomic E-state index is 11.8. The molecule has 23 heavy (non-hydrogen) atoms. The number of ether oxygens (including phenoxy) is 1. The molecule has 7 heteroatoms. The van der Waals surface area contributed by atoms with Gasteiger partial charge in [0.1, 0.15) is 11.6 Å². The number of carbonyl (C=O) groups is 1. The van der Waals surface area contributed by atoms with Gasteiger partial charge in [-0.15, -0.1) is 10.2 Å². The van der Waals surface area contributed by atoms with E-state index in [1.807, 2.05) is 7.05 Å². The van der Waals surface area contributed by atoms with Crippen LogP contribution in [0.4, 0.5) is 4.79 Å². The molecular weight excluding hydrogens is 294 g/mol. The third-order valence-electron chi connectivity index (χ3n) is 5.03. The van der Waals surface area contributed by atoms with E-state index in [4.69, 9.17) is 4.74 Å². The number of amides is 1. The molecule has 3 rings (SSSR count). The lowest BCUT2D eigenvalue weighted by Crippen LogP contribution is -2.39. The number of piperidine rings is 2. The molecule has 0 unspecified atom stereocenters. The normalized spacial score (nSPS) is 23.0. The average molecular weight is 321 g/mol. The third-order valence-corrected chi connectivity index (χ3v) is 5.03. The van der Waals surface area contributed by atoms with E-state index in [0.29, 0.717) is 6.54 Å². The molecule has 128 valence electrons. The first kappa shape index (κ1) is 16.2. The Morgan fingerprint density at radius 1 is 1.17 bits per heavy atom. The molecule has 1 aromatic heterocycles. The maximum Gasteiger partial charge on any atom is 0.409 e. The van der Waals surface area contributed by atoms with Crippen molar-refractivity contribution in [2.75, 3.05) is 33.3 Å². The second-order valence-corrected chi connectivity index (χ2v) is 6.63. The van der Waals surface area contributed by atoms with Crippen molar-refractivity contribution < 1.29 is 9.53 Å². The number of hydrogen-bond donors (Lipinski definition) is 0. The molecule has 0 radical (unpaired) electrons. The fourth-order valence-corrected chi connectivity index (χ4v) is 3.67. The van der Waals surface area contributed by atoms with Gasteiger partial charge in [0.2, 0.25) is 0 Å². The molecule has 2 aliphatic heterocycles. The summed E-state index contributed by atoms with van der Waals surface area (Å²) in [5, 5.41) is 8.84. The van der Waals surface area contributed by atoms with Crippen LogP contribution in [-0.4, -0.2) is 63.9 Å². The lowest BCUT2D eigenvalue weighted by molar-refractivity contribution is 0.110. The van der Waals surface area contributed by atoms with Crippen molar-refractivity contribution in [1.82, 2.24) is 24.6 Å². The van der Waals surface area contributed by atoms with Crippen molar-refractivity contribution in [1.29, 1.82) is 0 Å². The molecule has 7 nitrogen and oxygen atoms in total. The summed E-state index contributed by atoms with van der Waals surface area (Å²) in [5.41, 5.74) is 0. The Bertz CT molecular complexity index is 539. The first-order valence-electron chi connectivity index (χ1n) is 8.62. The van der Waals surface area contributed by atoms with E-state index in [9.17, 15) is 4.79 Å². The molecule has 0 aliphatic carbocycles. The highest BCUT2D eigenvalue weighted by molar-refractivity contribution is 5.67. The van der Waals surface area contributed by atoms with Crippen LogP contribution in [0.2, 0.25) is 0 Å². The van der Waals surface area contributed by atoms with Gasteiger partial charge < -0.3 is 14.2 Å². The minimum Gasteiger partial charge on any atom is -0.453 e. The molecule has 0 saturated carbocycles. The fraction of sp³-hybridized carbons (Fsp3) is 0.812. The molecule has 0 N–H and O–H groups in total. The molecule has 2 fully saturated rings. The highest BCUT2D eigenvalue weighted by Crippen LogP contribution is 2.26. The largest absolute Gasteiger partial charge is 0.453 e. The molecular formula is C16H27N5O2. The van der Waals surface area contributed by atoms with Gasteiger partial charge in [0.25, 0.3) is 0 Å². The van der Waals surface area contributed by atoms with E-state index in [-0.39, 0.29) is 12.0 Å². The minimum absolute atomic E-state index is 0.245. The van der Waals surface area contributed by atoms with Gasteiger partial charge in [-0.05, 0) is 38.8 Å². The van der Waals surface area contributed by atoms with Crippen LogP contribution < -0.4 is 0 Å². The number of likely N-dealkylation sites (tertiary alicyclic amines) is 2. The van der Waals surface area contributed by atoms with Crippen LogP contribution >= 0.6 is 0 Å². The Morgan fingerprint density at radius 3 is 2.70 bits per heavy atom. The predicted octanol–water partition coefficient (Wildman–Crippen LogP) is 1.75. The molecule has 3 heterocycles. The Kier molecular flexibility index (Phi) is 5.15. The molecule has 0 aromatic carbocycles. The number of methoxy groups -OCH3 is 1. The first-order valence-corrected chi connectivity index (χ1v) is 8.62. The molecule has 0 spiro atoms. The lowest BCUT2D eigenvalue weighted by Gasteiger charge is -2.31. The van der Waals surface area contributed by atoms with Crippen LogP contribution in [-0.2, 0) is 18.3 Å². The summed E-state index contributed by atoms with van der Waals surface area (Å²) in [5.74, 6) is 2.26. The summed E-state index contributed by atoms with van der Waals surface area (Å²) < 4.78 is 6.97. The average Bonchev–Trinajstić information content (AvgIpc) is 2.96. The Balaban J connectivity index is 1.67. The van der Waals surface area contributed by atoms with Crippen molar-refractivity contribution in [2.24, 2.45) is 7.05 Å². The standard InChI is InChI=1S/C16H27N5O2/c1-19-14(12-20-8-4-3-5-9-20)17-18-15(19)13-7-6-10-21(11-13)16(22)23-2/h13H,3-12H2,1-2H3/t13-/m1/s1. The summed E-state index contributed by atoms with van der Waals surface area (Å²) in [6, 6.07) is 0. The van der Waals surface area contributed by atoms with E-state index in [1.165, 1.54) is 26.4 Å². The van der Waals surface area contributed by atoms with Crippen LogP contribution in [0.15, 0.2) is 0 Å². The fourth-order valence-electron chi connectivity index (χ4n) is 3.67. The number of hydrogen-bond acceptors (Lipinski definition) is 5. The first-order chi connectivity index (χ1) is 11.2. The van der Waals surface area contributed by atoms with Crippen molar-refractivity contribution >= 4 is 6.09 Å². The van der Waals surface area contributed by atoms with Crippen LogP contribution in [0.25, 0.3) is 0 Å². The Hall–Kier alpha value is -1.63. The molecule has 1 amide bonds. The quantitative estimate of drug-likeness (QED) is 0.848. The summed E-state index contributed by atoms with van der Waals surface area (Å²) in [7, 11) is 3.48. The van der Waals surface area contributed by atoms with Crippen molar-refractivity contribution in [3.05, 3.63) is 11.6 Å². The minimum atomic E-state index is -0.245. The molecule has 0 bridgehead atoms. The smallest absolute Gasteiger partial charge is 0.409 e. The van der Waals surface area contributed by atoms with Gasteiger partial charge in [0.15, 0.2) is 0 Å². The van der Waals surface area contributed by atoms with Crippen LogP contribution in [0.5, 0.6) is 0 Å². The summed E-state index contributed by atoms with van der Waals surface area (Å²) in [4.78, 5) is 16.0. The second-order valence-electron chi connectivity index (χ2n) is 6.63. The van der Waals surface area contributed by atoms with Gasteiger partial charge in [0, 0.05) is 26.1 Å². The summed E-state index contributed by atoms with van der Waals surface area (Å²) >= 11 is 0. The van der Waals surface area contributed by atoms with E-state index in [1.54, 1.807) is 4.90 Å². The van der Waals surface area contributed by atoms with Gasteiger partial charge in [0.05, 0.1) is 13.7 Å². The van der Waals surface area contributed by atoms with Gasteiger partial charge in [-0.1, -0.05) is 6.42 Å². The molecule has 1 aromatic rings. The van der Waals surface area contributed by atoms with E-state index >= 15 is 0 Å². The van der Waals surface area contributed by atoms with E-state index in [0.717, 1.165) is 50.7 Å². The molecule has 2 aliphatic rings. The monoisotopic (exact) mass is 321 g/mol. The molecule has 2 saturated heterocycles. The Labute approximate surface area is 137 Å². The number of rotatable bonds is 3. The van der Waals surface area contributed by atoms with Gasteiger partial charge in [-0.25, -0.2) is 4.79 Å².